The summed E-state index contributed by atoms with van der Waals surface area (Å²) in [6.45, 7) is 3.95. The number of nitrogens with two attached hydrogens (primary N) is 1. The molecule has 0 spiro atoms. The van der Waals surface area contributed by atoms with Crippen LogP contribution in [0, 0.1) is 0 Å². The van der Waals surface area contributed by atoms with Crippen molar-refractivity contribution in [1.82, 2.24) is 5.32 Å². The Bertz CT molecular complexity index is 241. The van der Waals surface area contributed by atoms with Gasteiger partial charge >= 0.3 is 0 Å². The summed E-state index contributed by atoms with van der Waals surface area (Å²) in [6, 6.07) is 0.339. The third kappa shape index (κ3) is 3.14. The predicted octanol–water partition coefficient (Wildman–Crippen LogP) is 1.90. The maximum absolute atomic E-state index is 12.0. The van der Waals surface area contributed by atoms with Gasteiger partial charge < -0.3 is 11.1 Å². The van der Waals surface area contributed by atoms with Crippen molar-refractivity contribution in [3.8, 4) is 0 Å². The number of thioether (sulfide) groups is 1. The average molecular weight is 244 g/mol. The molecule has 94 valence electrons. The standard InChI is InChI=1S/C12H24N2OS/c1-4-12(13,5-2)11(15)14-9-6-7-10(8-9)16-3/h9-10H,4-8,13H2,1-3H3,(H,14,15). The Morgan fingerprint density at radius 2 is 2.06 bits per heavy atom. The van der Waals surface area contributed by atoms with E-state index in [4.69, 9.17) is 5.73 Å². The van der Waals surface area contributed by atoms with E-state index in [2.05, 4.69) is 11.6 Å². The number of carbonyl (C=O) groups excluding carboxylic acids is 1. The fourth-order valence-corrected chi connectivity index (χ4v) is 2.98. The highest BCUT2D eigenvalue weighted by atomic mass is 32.2. The molecule has 16 heavy (non-hydrogen) atoms. The number of hydrogen-bond donors (Lipinski definition) is 2. The van der Waals surface area contributed by atoms with Crippen LogP contribution in [-0.2, 0) is 4.79 Å². The molecule has 0 aromatic rings. The van der Waals surface area contributed by atoms with Crippen LogP contribution in [0.4, 0.5) is 0 Å². The van der Waals surface area contributed by atoms with Gasteiger partial charge in [-0.1, -0.05) is 13.8 Å². The van der Waals surface area contributed by atoms with Gasteiger partial charge in [0.25, 0.3) is 0 Å². The molecule has 0 saturated heterocycles. The van der Waals surface area contributed by atoms with Gasteiger partial charge in [0.15, 0.2) is 0 Å². The highest BCUT2D eigenvalue weighted by Crippen LogP contribution is 2.28. The summed E-state index contributed by atoms with van der Waals surface area (Å²) in [5.41, 5.74) is 5.40. The van der Waals surface area contributed by atoms with Crippen LogP contribution in [0.15, 0.2) is 0 Å². The molecule has 1 aliphatic carbocycles. The molecule has 0 aliphatic heterocycles. The van der Waals surface area contributed by atoms with Gasteiger partial charge in [0.1, 0.15) is 0 Å². The molecule has 2 unspecified atom stereocenters. The van der Waals surface area contributed by atoms with E-state index in [9.17, 15) is 4.79 Å². The SMILES string of the molecule is CCC(N)(CC)C(=O)NC1CCC(SC)C1. The van der Waals surface area contributed by atoms with Gasteiger partial charge in [-0.05, 0) is 38.4 Å². The van der Waals surface area contributed by atoms with Crippen LogP contribution in [0.1, 0.15) is 46.0 Å². The molecule has 0 aromatic carbocycles. The summed E-state index contributed by atoms with van der Waals surface area (Å²) < 4.78 is 0. The monoisotopic (exact) mass is 244 g/mol. The summed E-state index contributed by atoms with van der Waals surface area (Å²) >= 11 is 1.90. The van der Waals surface area contributed by atoms with Gasteiger partial charge in [-0.15, -0.1) is 0 Å². The summed E-state index contributed by atoms with van der Waals surface area (Å²) in [5, 5.41) is 3.82. The zero-order valence-electron chi connectivity index (χ0n) is 10.6. The van der Waals surface area contributed by atoms with E-state index < -0.39 is 5.54 Å². The zero-order valence-corrected chi connectivity index (χ0v) is 11.4. The van der Waals surface area contributed by atoms with Crippen LogP contribution in [0.5, 0.6) is 0 Å². The lowest BCUT2D eigenvalue weighted by atomic mass is 9.93. The summed E-state index contributed by atoms with van der Waals surface area (Å²) in [5.74, 6) is 0.0317. The van der Waals surface area contributed by atoms with Crippen molar-refractivity contribution in [3.05, 3.63) is 0 Å². The third-order valence-corrected chi connectivity index (χ3v) is 4.86. The van der Waals surface area contributed by atoms with Crippen LogP contribution < -0.4 is 11.1 Å². The van der Waals surface area contributed by atoms with Gasteiger partial charge in [0, 0.05) is 11.3 Å². The fourth-order valence-electron chi connectivity index (χ4n) is 2.19. The second-order valence-corrected chi connectivity index (χ2v) is 5.84. The summed E-state index contributed by atoms with van der Waals surface area (Å²) in [6.07, 6.45) is 6.95. The van der Waals surface area contributed by atoms with Crippen molar-refractivity contribution < 1.29 is 4.79 Å². The van der Waals surface area contributed by atoms with E-state index in [0.717, 1.165) is 12.8 Å². The third-order valence-electron chi connectivity index (χ3n) is 3.77. The van der Waals surface area contributed by atoms with Crippen LogP contribution >= 0.6 is 11.8 Å². The molecule has 0 bridgehead atoms. The number of amides is 1. The first-order chi connectivity index (χ1) is 7.55. The molecule has 3 nitrogen and oxygen atoms in total. The van der Waals surface area contributed by atoms with Gasteiger partial charge in [-0.2, -0.15) is 11.8 Å². The maximum Gasteiger partial charge on any atom is 0.240 e. The molecule has 1 rings (SSSR count). The predicted molar refractivity (Wildman–Crippen MR) is 70.6 cm³/mol. The molecule has 0 radical (unpaired) electrons. The first kappa shape index (κ1) is 13.8. The Hall–Kier alpha value is -0.220. The van der Waals surface area contributed by atoms with E-state index >= 15 is 0 Å². The Labute approximate surface area is 103 Å². The van der Waals surface area contributed by atoms with E-state index in [1.165, 1.54) is 6.42 Å². The van der Waals surface area contributed by atoms with E-state index in [0.29, 0.717) is 24.1 Å². The van der Waals surface area contributed by atoms with E-state index in [1.807, 2.05) is 25.6 Å². The van der Waals surface area contributed by atoms with Crippen molar-refractivity contribution in [3.63, 3.8) is 0 Å². The highest BCUT2D eigenvalue weighted by molar-refractivity contribution is 7.99. The Morgan fingerprint density at radius 3 is 2.50 bits per heavy atom. The largest absolute Gasteiger partial charge is 0.352 e. The lowest BCUT2D eigenvalue weighted by Crippen LogP contribution is -2.55. The van der Waals surface area contributed by atoms with E-state index in [1.54, 1.807) is 0 Å². The van der Waals surface area contributed by atoms with Gasteiger partial charge in [0.05, 0.1) is 5.54 Å². The number of hydrogen-bond acceptors (Lipinski definition) is 3. The Morgan fingerprint density at radius 1 is 1.44 bits per heavy atom. The fraction of sp³-hybridized carbons (Fsp3) is 0.917. The normalized spacial score (nSPS) is 25.8. The smallest absolute Gasteiger partial charge is 0.240 e. The van der Waals surface area contributed by atoms with Gasteiger partial charge in [-0.3, -0.25) is 4.79 Å². The van der Waals surface area contributed by atoms with Crippen LogP contribution in [0.25, 0.3) is 0 Å². The molecule has 1 aliphatic rings. The minimum Gasteiger partial charge on any atom is -0.352 e. The summed E-state index contributed by atoms with van der Waals surface area (Å²) in [4.78, 5) is 12.0. The number of nitrogens with one attached hydrogen (secondary N) is 1. The average Bonchev–Trinajstić information content (AvgIpc) is 2.75. The first-order valence-electron chi connectivity index (χ1n) is 6.18. The second-order valence-electron chi connectivity index (χ2n) is 4.70. The topological polar surface area (TPSA) is 55.1 Å². The molecule has 1 amide bonds. The zero-order chi connectivity index (χ0) is 12.2. The molecule has 1 fully saturated rings. The lowest BCUT2D eigenvalue weighted by molar-refractivity contribution is -0.127. The quantitative estimate of drug-likeness (QED) is 0.776. The second kappa shape index (κ2) is 5.92. The number of rotatable bonds is 5. The molecular weight excluding hydrogens is 220 g/mol. The molecule has 2 atom stereocenters. The maximum atomic E-state index is 12.0. The molecule has 3 N–H and O–H groups in total. The molecule has 0 heterocycles. The first-order valence-corrected chi connectivity index (χ1v) is 7.47. The molecule has 1 saturated carbocycles. The number of carbonyl (C=O) groups is 1. The molecule has 4 heteroatoms. The Kier molecular flexibility index (Phi) is 5.12. The van der Waals surface area contributed by atoms with E-state index in [-0.39, 0.29) is 5.91 Å². The Balaban J connectivity index is 2.46. The van der Waals surface area contributed by atoms with Gasteiger partial charge in [0.2, 0.25) is 5.91 Å². The van der Waals surface area contributed by atoms with Crippen molar-refractivity contribution in [2.45, 2.75) is 62.8 Å². The van der Waals surface area contributed by atoms with Crippen LogP contribution in [0.2, 0.25) is 0 Å². The lowest BCUT2D eigenvalue weighted by Gasteiger charge is -2.27. The van der Waals surface area contributed by atoms with Crippen molar-refractivity contribution in [2.24, 2.45) is 5.73 Å². The van der Waals surface area contributed by atoms with Gasteiger partial charge in [-0.25, -0.2) is 0 Å². The summed E-state index contributed by atoms with van der Waals surface area (Å²) in [7, 11) is 0. The molecular formula is C12H24N2OS. The van der Waals surface area contributed by atoms with Crippen LogP contribution in [0.3, 0.4) is 0 Å². The van der Waals surface area contributed by atoms with Crippen LogP contribution in [-0.4, -0.2) is 29.0 Å². The highest BCUT2D eigenvalue weighted by Gasteiger charge is 2.33. The minimum absolute atomic E-state index is 0.0317. The van der Waals surface area contributed by atoms with Crippen molar-refractivity contribution in [2.75, 3.05) is 6.26 Å². The minimum atomic E-state index is -0.669. The molecule has 0 aromatic heterocycles. The van der Waals surface area contributed by atoms with Crippen molar-refractivity contribution in [1.29, 1.82) is 0 Å². The van der Waals surface area contributed by atoms with Crippen molar-refractivity contribution >= 4 is 17.7 Å².